The zero-order valence-electron chi connectivity index (χ0n) is 20.3. The zero-order chi connectivity index (χ0) is 24.7. The number of phenolic OH excluding ortho intramolecular Hbond substituents is 1. The molecule has 3 N–H and O–H groups in total. The number of hydrogen-bond acceptors (Lipinski definition) is 7. The number of nitrogens with one attached hydrogen (secondary N) is 2. The second-order valence-electron chi connectivity index (χ2n) is 9.52. The van der Waals surface area contributed by atoms with Crippen molar-refractivity contribution in [1.82, 2.24) is 15.5 Å². The molecule has 3 atom stereocenters. The van der Waals surface area contributed by atoms with Gasteiger partial charge in [0.2, 0.25) is 5.91 Å². The average molecular weight is 476 g/mol. The molecule has 2 amide bonds. The molecule has 3 rings (SSSR count). The number of nitrogens with zero attached hydrogens (tertiary/aromatic N) is 1. The summed E-state index contributed by atoms with van der Waals surface area (Å²) < 4.78 is 10.7. The number of Topliss-reactive ketones (excluding diaryl/α,β-unsaturated/α-hetero) is 1. The first-order chi connectivity index (χ1) is 16.3. The Morgan fingerprint density at radius 3 is 2.62 bits per heavy atom. The minimum absolute atomic E-state index is 0.0118. The second kappa shape index (κ2) is 12.3. The molecule has 0 aromatic heterocycles. The smallest absolute Gasteiger partial charge is 0.251 e. The zero-order valence-corrected chi connectivity index (χ0v) is 20.3. The summed E-state index contributed by atoms with van der Waals surface area (Å²) in [6.45, 7) is 9.63. The highest BCUT2D eigenvalue weighted by Crippen LogP contribution is 2.22. The van der Waals surface area contributed by atoms with E-state index in [1.54, 1.807) is 12.1 Å². The summed E-state index contributed by atoms with van der Waals surface area (Å²) in [5.41, 5.74) is 1.02. The maximum Gasteiger partial charge on any atom is 0.251 e. The van der Waals surface area contributed by atoms with Crippen molar-refractivity contribution in [2.24, 2.45) is 11.8 Å². The topological polar surface area (TPSA) is 117 Å². The van der Waals surface area contributed by atoms with E-state index < -0.39 is 18.0 Å². The Kier molecular flexibility index (Phi) is 9.44. The van der Waals surface area contributed by atoms with Gasteiger partial charge in [-0.3, -0.25) is 19.3 Å². The molecule has 2 aliphatic rings. The van der Waals surface area contributed by atoms with Gasteiger partial charge in [0.1, 0.15) is 18.4 Å². The van der Waals surface area contributed by atoms with Crippen molar-refractivity contribution in [3.05, 3.63) is 29.3 Å². The van der Waals surface area contributed by atoms with Crippen LogP contribution in [0.2, 0.25) is 0 Å². The SMILES string of the molecule is CC[C@@H]1COCC(=O)[C@H]1NC(=O)[C@H](CC(C)C)NC(=O)c1ccc(O)c(CN2CCOCC2)c1. The predicted octanol–water partition coefficient (Wildman–Crippen LogP) is 1.48. The van der Waals surface area contributed by atoms with Crippen molar-refractivity contribution in [1.29, 1.82) is 0 Å². The summed E-state index contributed by atoms with van der Waals surface area (Å²) in [7, 11) is 0. The lowest BCUT2D eigenvalue weighted by Gasteiger charge is -2.32. The highest BCUT2D eigenvalue weighted by molar-refractivity contribution is 5.99. The molecule has 2 heterocycles. The summed E-state index contributed by atoms with van der Waals surface area (Å²) in [5.74, 6) is -0.710. The lowest BCUT2D eigenvalue weighted by molar-refractivity contribution is -0.138. The third-order valence-corrected chi connectivity index (χ3v) is 6.38. The molecule has 0 unspecified atom stereocenters. The summed E-state index contributed by atoms with van der Waals surface area (Å²) in [5, 5.41) is 16.0. The Labute approximate surface area is 201 Å². The van der Waals surface area contributed by atoms with E-state index in [0.717, 1.165) is 13.1 Å². The van der Waals surface area contributed by atoms with Crippen molar-refractivity contribution in [3.63, 3.8) is 0 Å². The van der Waals surface area contributed by atoms with Crippen LogP contribution in [0.1, 0.15) is 49.5 Å². The van der Waals surface area contributed by atoms with Gasteiger partial charge in [0.15, 0.2) is 5.78 Å². The Morgan fingerprint density at radius 2 is 1.94 bits per heavy atom. The number of phenols is 1. The number of amides is 2. The summed E-state index contributed by atoms with van der Waals surface area (Å²) in [6, 6.07) is 3.34. The van der Waals surface area contributed by atoms with Gasteiger partial charge in [0.25, 0.3) is 5.91 Å². The largest absolute Gasteiger partial charge is 0.508 e. The van der Waals surface area contributed by atoms with Gasteiger partial charge in [-0.05, 0) is 37.0 Å². The minimum atomic E-state index is -0.780. The second-order valence-corrected chi connectivity index (χ2v) is 9.52. The molecule has 1 aromatic carbocycles. The number of ether oxygens (including phenoxy) is 2. The van der Waals surface area contributed by atoms with Crippen LogP contribution >= 0.6 is 0 Å². The molecule has 2 aliphatic heterocycles. The Bertz CT molecular complexity index is 868. The lowest BCUT2D eigenvalue weighted by atomic mass is 9.91. The first kappa shape index (κ1) is 26.1. The molecular weight excluding hydrogens is 438 g/mol. The molecule has 2 fully saturated rings. The number of carbonyl (C=O) groups excluding carboxylic acids is 3. The van der Waals surface area contributed by atoms with Gasteiger partial charge in [-0.15, -0.1) is 0 Å². The molecule has 1 aromatic rings. The molecule has 9 nitrogen and oxygen atoms in total. The normalized spacial score (nSPS) is 22.4. The molecule has 0 saturated carbocycles. The van der Waals surface area contributed by atoms with E-state index in [2.05, 4.69) is 15.5 Å². The number of benzene rings is 1. The molecule has 0 radical (unpaired) electrons. The lowest BCUT2D eigenvalue weighted by Crippen LogP contribution is -2.56. The minimum Gasteiger partial charge on any atom is -0.508 e. The van der Waals surface area contributed by atoms with Crippen molar-refractivity contribution in [2.75, 3.05) is 39.5 Å². The molecule has 2 saturated heterocycles. The van der Waals surface area contributed by atoms with Gasteiger partial charge in [-0.2, -0.15) is 0 Å². The van der Waals surface area contributed by atoms with E-state index in [1.165, 1.54) is 6.07 Å². The fraction of sp³-hybridized carbons (Fsp3) is 0.640. The molecule has 0 aliphatic carbocycles. The fourth-order valence-electron chi connectivity index (χ4n) is 4.36. The summed E-state index contributed by atoms with van der Waals surface area (Å²) in [6.07, 6.45) is 1.14. The van der Waals surface area contributed by atoms with Gasteiger partial charge < -0.3 is 25.2 Å². The number of rotatable bonds is 9. The van der Waals surface area contributed by atoms with Crippen molar-refractivity contribution in [2.45, 2.75) is 52.2 Å². The third kappa shape index (κ3) is 7.01. The highest BCUT2D eigenvalue weighted by atomic mass is 16.5. The van der Waals surface area contributed by atoms with Crippen LogP contribution in [0, 0.1) is 11.8 Å². The van der Waals surface area contributed by atoms with Gasteiger partial charge in [0.05, 0.1) is 25.9 Å². The van der Waals surface area contributed by atoms with E-state index in [1.807, 2.05) is 20.8 Å². The highest BCUT2D eigenvalue weighted by Gasteiger charge is 2.35. The fourth-order valence-corrected chi connectivity index (χ4v) is 4.36. The number of aromatic hydroxyl groups is 1. The van der Waals surface area contributed by atoms with Crippen molar-refractivity contribution >= 4 is 17.6 Å². The Balaban J connectivity index is 1.70. The van der Waals surface area contributed by atoms with E-state index in [9.17, 15) is 19.5 Å². The van der Waals surface area contributed by atoms with E-state index in [-0.39, 0.29) is 35.9 Å². The molecule has 0 spiro atoms. The van der Waals surface area contributed by atoms with Gasteiger partial charge in [-0.1, -0.05) is 20.8 Å². The average Bonchev–Trinajstić information content (AvgIpc) is 2.81. The third-order valence-electron chi connectivity index (χ3n) is 6.38. The first-order valence-corrected chi connectivity index (χ1v) is 12.1. The molecule has 0 bridgehead atoms. The van der Waals surface area contributed by atoms with Crippen molar-refractivity contribution in [3.8, 4) is 5.75 Å². The number of hydrogen-bond donors (Lipinski definition) is 3. The Morgan fingerprint density at radius 1 is 1.21 bits per heavy atom. The first-order valence-electron chi connectivity index (χ1n) is 12.1. The molecular formula is C25H37N3O6. The van der Waals surface area contributed by atoms with Gasteiger partial charge in [0, 0.05) is 36.7 Å². The predicted molar refractivity (Wildman–Crippen MR) is 126 cm³/mol. The molecule has 188 valence electrons. The van der Waals surface area contributed by atoms with Crippen LogP contribution in [0.25, 0.3) is 0 Å². The van der Waals surface area contributed by atoms with Gasteiger partial charge in [-0.25, -0.2) is 0 Å². The van der Waals surface area contributed by atoms with E-state index >= 15 is 0 Å². The van der Waals surface area contributed by atoms with Crippen LogP contribution < -0.4 is 10.6 Å². The maximum absolute atomic E-state index is 13.1. The standard InChI is InChI=1S/C25H37N3O6/c1-4-17-14-34-15-22(30)23(17)27-25(32)20(11-16(2)3)26-24(31)18-5-6-21(29)19(12-18)13-28-7-9-33-10-8-28/h5-6,12,16-17,20,23,29H,4,7-11,13-15H2,1-3H3,(H,26,31)(H,27,32)/t17-,20+,23+/m1/s1. The summed E-state index contributed by atoms with van der Waals surface area (Å²) >= 11 is 0. The molecule has 34 heavy (non-hydrogen) atoms. The van der Waals surface area contributed by atoms with Crippen molar-refractivity contribution < 1.29 is 29.0 Å². The quantitative estimate of drug-likeness (QED) is 0.495. The van der Waals surface area contributed by atoms with Crippen LogP contribution in [0.4, 0.5) is 0 Å². The van der Waals surface area contributed by atoms with E-state index in [0.29, 0.717) is 50.3 Å². The number of carbonyl (C=O) groups is 3. The number of morpholine rings is 1. The van der Waals surface area contributed by atoms with E-state index in [4.69, 9.17) is 9.47 Å². The van der Waals surface area contributed by atoms with Crippen LogP contribution in [0.5, 0.6) is 5.75 Å². The Hall–Kier alpha value is -2.49. The van der Waals surface area contributed by atoms with Crippen LogP contribution in [0.3, 0.4) is 0 Å². The van der Waals surface area contributed by atoms with Crippen LogP contribution in [0.15, 0.2) is 18.2 Å². The number of ketones is 1. The van der Waals surface area contributed by atoms with Gasteiger partial charge >= 0.3 is 0 Å². The van der Waals surface area contributed by atoms with Crippen LogP contribution in [-0.2, 0) is 25.6 Å². The monoisotopic (exact) mass is 475 g/mol. The van der Waals surface area contributed by atoms with Crippen LogP contribution in [-0.4, -0.2) is 79.2 Å². The maximum atomic E-state index is 13.1. The molecule has 9 heteroatoms. The summed E-state index contributed by atoms with van der Waals surface area (Å²) in [4.78, 5) is 40.7.